The molecule has 0 radical (unpaired) electrons. The highest BCUT2D eigenvalue weighted by atomic mass is 79.9. The minimum absolute atomic E-state index is 0.0130. The third kappa shape index (κ3) is 3.09. The van der Waals surface area contributed by atoms with Crippen molar-refractivity contribution in [1.82, 2.24) is 10.2 Å². The number of amides is 1. The smallest absolute Gasteiger partial charge is 0.253 e. The number of nitrogens with zero attached hydrogens (tertiary/aromatic N) is 1. The summed E-state index contributed by atoms with van der Waals surface area (Å²) in [4.78, 5) is 14.2. The van der Waals surface area contributed by atoms with Crippen LogP contribution in [0.3, 0.4) is 0 Å². The van der Waals surface area contributed by atoms with E-state index in [-0.39, 0.29) is 17.2 Å². The summed E-state index contributed by atoms with van der Waals surface area (Å²) >= 11 is 3.22. The molecule has 104 valence electrons. The van der Waals surface area contributed by atoms with E-state index in [2.05, 4.69) is 28.2 Å². The lowest BCUT2D eigenvalue weighted by Crippen LogP contribution is -2.51. The van der Waals surface area contributed by atoms with Crippen LogP contribution in [0, 0.1) is 0 Å². The van der Waals surface area contributed by atoms with Gasteiger partial charge in [-0.2, -0.15) is 0 Å². The average molecular weight is 327 g/mol. The van der Waals surface area contributed by atoms with Crippen LogP contribution < -0.4 is 5.32 Å². The van der Waals surface area contributed by atoms with E-state index in [0.29, 0.717) is 10.0 Å². The Morgan fingerprint density at radius 2 is 2.05 bits per heavy atom. The van der Waals surface area contributed by atoms with Crippen LogP contribution in [0.5, 0.6) is 5.75 Å². The van der Waals surface area contributed by atoms with Crippen molar-refractivity contribution < 1.29 is 9.90 Å². The summed E-state index contributed by atoms with van der Waals surface area (Å²) in [6, 6.07) is 4.94. The van der Waals surface area contributed by atoms with Gasteiger partial charge in [-0.25, -0.2) is 0 Å². The van der Waals surface area contributed by atoms with Crippen LogP contribution in [-0.2, 0) is 0 Å². The summed E-state index contributed by atoms with van der Waals surface area (Å²) in [7, 11) is 1.96. The number of hydrogen-bond donors (Lipinski definition) is 2. The van der Waals surface area contributed by atoms with Crippen molar-refractivity contribution in [3.63, 3.8) is 0 Å². The van der Waals surface area contributed by atoms with E-state index in [1.807, 2.05) is 11.9 Å². The molecule has 0 aliphatic carbocycles. The highest BCUT2D eigenvalue weighted by molar-refractivity contribution is 9.10. The van der Waals surface area contributed by atoms with Crippen LogP contribution in [0.15, 0.2) is 22.7 Å². The first-order valence-electron chi connectivity index (χ1n) is 6.42. The Kier molecular flexibility index (Phi) is 4.16. The minimum Gasteiger partial charge on any atom is -0.507 e. The Bertz CT molecular complexity index is 482. The summed E-state index contributed by atoms with van der Waals surface area (Å²) in [5, 5.41) is 13.0. The van der Waals surface area contributed by atoms with Crippen molar-refractivity contribution in [3.8, 4) is 5.75 Å². The summed E-state index contributed by atoms with van der Waals surface area (Å²) in [5.41, 5.74) is 0.660. The summed E-state index contributed by atoms with van der Waals surface area (Å²) in [5.74, 6) is 0.0869. The number of nitrogens with one attached hydrogen (secondary N) is 1. The van der Waals surface area contributed by atoms with E-state index in [1.165, 1.54) is 6.07 Å². The second-order valence-corrected chi connectivity index (χ2v) is 6.12. The number of halogens is 1. The number of likely N-dealkylation sites (tertiary alicyclic amines) is 1. The lowest BCUT2D eigenvalue weighted by Gasteiger charge is -2.39. The molecule has 4 nitrogen and oxygen atoms in total. The van der Waals surface area contributed by atoms with Gasteiger partial charge >= 0.3 is 0 Å². The first kappa shape index (κ1) is 14.3. The molecular formula is C14H19BrN2O2. The molecule has 2 rings (SSSR count). The summed E-state index contributed by atoms with van der Waals surface area (Å²) in [6.07, 6.45) is 1.88. The maximum atomic E-state index is 12.3. The van der Waals surface area contributed by atoms with Crippen molar-refractivity contribution in [3.05, 3.63) is 28.2 Å². The molecule has 19 heavy (non-hydrogen) atoms. The number of phenolic OH excluding ortho intramolecular Hbond substituents is 1. The SMILES string of the molecule is CNC1(C)CCN(C(=O)c2ccc(Br)c(O)c2)CC1. The van der Waals surface area contributed by atoms with E-state index in [9.17, 15) is 9.90 Å². The first-order chi connectivity index (χ1) is 8.95. The number of carbonyl (C=O) groups excluding carboxylic acids is 1. The van der Waals surface area contributed by atoms with Gasteiger partial charge in [0, 0.05) is 24.2 Å². The quantitative estimate of drug-likeness (QED) is 0.877. The van der Waals surface area contributed by atoms with Gasteiger partial charge in [0.15, 0.2) is 0 Å². The number of rotatable bonds is 2. The number of phenols is 1. The zero-order chi connectivity index (χ0) is 14.0. The summed E-state index contributed by atoms with van der Waals surface area (Å²) < 4.78 is 0.602. The molecule has 1 heterocycles. The number of aromatic hydroxyl groups is 1. The zero-order valence-electron chi connectivity index (χ0n) is 11.2. The third-order valence-electron chi connectivity index (χ3n) is 3.95. The molecule has 1 aromatic rings. The standard InChI is InChI=1S/C14H19BrN2O2/c1-14(16-2)5-7-17(8-6-14)13(19)10-3-4-11(15)12(18)9-10/h3-4,9,16,18H,5-8H2,1-2H3. The lowest BCUT2D eigenvalue weighted by atomic mass is 9.89. The van der Waals surface area contributed by atoms with Crippen molar-refractivity contribution in [1.29, 1.82) is 0 Å². The number of piperidine rings is 1. The van der Waals surface area contributed by atoms with Gasteiger partial charge in [-0.15, -0.1) is 0 Å². The zero-order valence-corrected chi connectivity index (χ0v) is 12.8. The van der Waals surface area contributed by atoms with Gasteiger partial charge in [-0.3, -0.25) is 4.79 Å². The van der Waals surface area contributed by atoms with Crippen molar-refractivity contribution in [2.75, 3.05) is 20.1 Å². The van der Waals surface area contributed by atoms with Crippen molar-refractivity contribution in [2.24, 2.45) is 0 Å². The van der Waals surface area contributed by atoms with Crippen LogP contribution >= 0.6 is 15.9 Å². The van der Waals surface area contributed by atoms with Gasteiger partial charge in [-0.1, -0.05) is 0 Å². The van der Waals surface area contributed by atoms with Gasteiger partial charge < -0.3 is 15.3 Å². The molecule has 1 aliphatic heterocycles. The Morgan fingerprint density at radius 3 is 2.58 bits per heavy atom. The fraction of sp³-hybridized carbons (Fsp3) is 0.500. The number of hydrogen-bond acceptors (Lipinski definition) is 3. The molecule has 1 saturated heterocycles. The monoisotopic (exact) mass is 326 g/mol. The Balaban J connectivity index is 2.07. The molecule has 0 saturated carbocycles. The number of carbonyl (C=O) groups is 1. The predicted molar refractivity (Wildman–Crippen MR) is 78.4 cm³/mol. The van der Waals surface area contributed by atoms with Crippen LogP contribution in [0.25, 0.3) is 0 Å². The van der Waals surface area contributed by atoms with Crippen LogP contribution in [0.1, 0.15) is 30.1 Å². The fourth-order valence-corrected chi connectivity index (χ4v) is 2.53. The fourth-order valence-electron chi connectivity index (χ4n) is 2.28. The maximum absolute atomic E-state index is 12.3. The van der Waals surface area contributed by atoms with Gasteiger partial charge in [-0.05, 0) is 60.9 Å². The number of benzene rings is 1. The Hall–Kier alpha value is -1.07. The molecule has 0 spiro atoms. The molecule has 0 aromatic heterocycles. The second kappa shape index (κ2) is 5.51. The highest BCUT2D eigenvalue weighted by Gasteiger charge is 2.30. The van der Waals surface area contributed by atoms with Crippen molar-refractivity contribution in [2.45, 2.75) is 25.3 Å². The molecule has 2 N–H and O–H groups in total. The van der Waals surface area contributed by atoms with Crippen LogP contribution in [0.4, 0.5) is 0 Å². The van der Waals surface area contributed by atoms with Gasteiger partial charge in [0.05, 0.1) is 4.47 Å². The normalized spacial score (nSPS) is 18.4. The van der Waals surface area contributed by atoms with Crippen LogP contribution in [0.2, 0.25) is 0 Å². The van der Waals surface area contributed by atoms with E-state index in [4.69, 9.17) is 0 Å². The molecule has 1 fully saturated rings. The maximum Gasteiger partial charge on any atom is 0.253 e. The Morgan fingerprint density at radius 1 is 1.42 bits per heavy atom. The van der Waals surface area contributed by atoms with E-state index < -0.39 is 0 Å². The topological polar surface area (TPSA) is 52.6 Å². The van der Waals surface area contributed by atoms with Gasteiger partial charge in [0.2, 0.25) is 0 Å². The largest absolute Gasteiger partial charge is 0.507 e. The van der Waals surface area contributed by atoms with Crippen molar-refractivity contribution >= 4 is 21.8 Å². The van der Waals surface area contributed by atoms with E-state index >= 15 is 0 Å². The minimum atomic E-state index is -0.0130. The first-order valence-corrected chi connectivity index (χ1v) is 7.21. The molecule has 0 bridgehead atoms. The molecule has 1 aliphatic rings. The van der Waals surface area contributed by atoms with E-state index in [1.54, 1.807) is 12.1 Å². The predicted octanol–water partition coefficient (Wildman–Crippen LogP) is 2.37. The molecule has 0 unspecified atom stereocenters. The molecule has 1 aromatic carbocycles. The van der Waals surface area contributed by atoms with E-state index in [0.717, 1.165) is 25.9 Å². The summed E-state index contributed by atoms with van der Waals surface area (Å²) in [6.45, 7) is 3.67. The molecular weight excluding hydrogens is 308 g/mol. The van der Waals surface area contributed by atoms with Gasteiger partial charge in [0.25, 0.3) is 5.91 Å². The molecule has 1 amide bonds. The lowest BCUT2D eigenvalue weighted by molar-refractivity contribution is 0.0661. The molecule has 0 atom stereocenters. The third-order valence-corrected chi connectivity index (χ3v) is 4.62. The second-order valence-electron chi connectivity index (χ2n) is 5.27. The van der Waals surface area contributed by atoms with Crippen LogP contribution in [-0.4, -0.2) is 41.6 Å². The molecule has 5 heteroatoms. The Labute approximate surface area is 121 Å². The highest BCUT2D eigenvalue weighted by Crippen LogP contribution is 2.26. The average Bonchev–Trinajstić information content (AvgIpc) is 2.42. The van der Waals surface area contributed by atoms with Gasteiger partial charge in [0.1, 0.15) is 5.75 Å².